The van der Waals surface area contributed by atoms with Crippen molar-refractivity contribution in [2.75, 3.05) is 12.4 Å². The van der Waals surface area contributed by atoms with Gasteiger partial charge in [-0.1, -0.05) is 35.9 Å². The molecule has 0 aliphatic rings. The van der Waals surface area contributed by atoms with E-state index in [-0.39, 0.29) is 0 Å². The number of carbonyl (C=O) groups excluding carboxylic acids is 1. The van der Waals surface area contributed by atoms with Crippen LogP contribution in [0.25, 0.3) is 0 Å². The lowest BCUT2D eigenvalue weighted by atomic mass is 10.2. The van der Waals surface area contributed by atoms with Crippen LogP contribution >= 0.6 is 23.8 Å². The predicted octanol–water partition coefficient (Wildman–Crippen LogP) is 3.54. The zero-order chi connectivity index (χ0) is 16.7. The molecule has 0 fully saturated rings. The van der Waals surface area contributed by atoms with Crippen molar-refractivity contribution < 1.29 is 9.53 Å². The Hall–Kier alpha value is -2.31. The summed E-state index contributed by atoms with van der Waals surface area (Å²) in [5.41, 5.74) is 1.66. The number of ether oxygens (including phenoxy) is 1. The van der Waals surface area contributed by atoms with Gasteiger partial charge in [-0.3, -0.25) is 0 Å². The van der Waals surface area contributed by atoms with Crippen LogP contribution in [0.15, 0.2) is 48.5 Å². The Morgan fingerprint density at radius 1 is 1.22 bits per heavy atom. The maximum atomic E-state index is 11.2. The number of halogens is 1. The zero-order valence-electron chi connectivity index (χ0n) is 12.4. The van der Waals surface area contributed by atoms with Crippen molar-refractivity contribution in [1.29, 1.82) is 0 Å². The van der Waals surface area contributed by atoms with Crippen molar-refractivity contribution >= 4 is 40.7 Å². The summed E-state index contributed by atoms with van der Waals surface area (Å²) in [6.45, 7) is 0.514. The number of benzene rings is 2. The minimum atomic E-state index is -0.526. The molecule has 7 heteroatoms. The van der Waals surface area contributed by atoms with E-state index < -0.39 is 6.09 Å². The standard InChI is InChI=1S/C16H16ClN3O2S/c1-18-16(21)22-13-7-4-6-12(9-13)20-15(23)19-10-11-5-2-3-8-14(11)17/h2-9H,10H2,1H3,(H,18,21)(H2,19,20,23). The van der Waals surface area contributed by atoms with Gasteiger partial charge in [0.1, 0.15) is 5.75 Å². The SMILES string of the molecule is CNC(=O)Oc1cccc(NC(=S)NCc2ccccc2Cl)c1. The third-order valence-corrected chi connectivity index (χ3v) is 3.52. The molecule has 0 aliphatic heterocycles. The summed E-state index contributed by atoms with van der Waals surface area (Å²) in [5.74, 6) is 0.420. The summed E-state index contributed by atoms with van der Waals surface area (Å²) in [5, 5.41) is 9.62. The number of amides is 1. The van der Waals surface area contributed by atoms with E-state index in [0.717, 1.165) is 5.56 Å². The average molecular weight is 350 g/mol. The first kappa shape index (κ1) is 17.1. The van der Waals surface area contributed by atoms with E-state index in [9.17, 15) is 4.79 Å². The highest BCUT2D eigenvalue weighted by atomic mass is 35.5. The number of hydrogen-bond donors (Lipinski definition) is 3. The summed E-state index contributed by atoms with van der Waals surface area (Å²) in [4.78, 5) is 11.2. The van der Waals surface area contributed by atoms with Crippen LogP contribution in [-0.4, -0.2) is 18.3 Å². The molecule has 5 nitrogen and oxygen atoms in total. The molecule has 0 heterocycles. The molecular formula is C16H16ClN3O2S. The second-order valence-corrected chi connectivity index (χ2v) is 5.38. The van der Waals surface area contributed by atoms with Gasteiger partial charge in [-0.05, 0) is 36.0 Å². The smallest absolute Gasteiger partial charge is 0.410 e. The molecule has 0 saturated heterocycles. The normalized spacial score (nSPS) is 9.83. The quantitative estimate of drug-likeness (QED) is 0.737. The van der Waals surface area contributed by atoms with Crippen molar-refractivity contribution in [3.63, 3.8) is 0 Å². The predicted molar refractivity (Wildman–Crippen MR) is 96.0 cm³/mol. The Morgan fingerprint density at radius 2 is 2.00 bits per heavy atom. The molecule has 120 valence electrons. The molecular weight excluding hydrogens is 334 g/mol. The molecule has 0 atom stereocenters. The number of thiocarbonyl (C=S) groups is 1. The Bertz CT molecular complexity index is 709. The highest BCUT2D eigenvalue weighted by Gasteiger charge is 2.04. The number of anilines is 1. The second kappa shape index (κ2) is 8.36. The lowest BCUT2D eigenvalue weighted by Crippen LogP contribution is -2.28. The summed E-state index contributed by atoms with van der Waals surface area (Å²) in [7, 11) is 1.50. The minimum Gasteiger partial charge on any atom is -0.410 e. The lowest BCUT2D eigenvalue weighted by molar-refractivity contribution is 0.203. The molecule has 0 saturated carbocycles. The molecule has 0 unspecified atom stereocenters. The van der Waals surface area contributed by atoms with Gasteiger partial charge < -0.3 is 20.7 Å². The van der Waals surface area contributed by atoms with Gasteiger partial charge in [0, 0.05) is 30.4 Å². The first-order valence-corrected chi connectivity index (χ1v) is 7.65. The number of carbonyl (C=O) groups is 1. The van der Waals surface area contributed by atoms with E-state index in [1.165, 1.54) is 7.05 Å². The van der Waals surface area contributed by atoms with E-state index in [1.54, 1.807) is 18.2 Å². The van der Waals surface area contributed by atoms with Crippen LogP contribution in [0.2, 0.25) is 5.02 Å². The Balaban J connectivity index is 1.91. The largest absolute Gasteiger partial charge is 0.412 e. The van der Waals surface area contributed by atoms with Gasteiger partial charge in [-0.15, -0.1) is 0 Å². The third kappa shape index (κ3) is 5.43. The van der Waals surface area contributed by atoms with Gasteiger partial charge in [0.25, 0.3) is 0 Å². The summed E-state index contributed by atoms with van der Waals surface area (Å²) < 4.78 is 5.06. The van der Waals surface area contributed by atoms with Crippen molar-refractivity contribution in [2.45, 2.75) is 6.54 Å². The first-order chi connectivity index (χ1) is 11.1. The average Bonchev–Trinajstić information content (AvgIpc) is 2.54. The van der Waals surface area contributed by atoms with Gasteiger partial charge in [0.05, 0.1) is 0 Å². The molecule has 0 bridgehead atoms. The fraction of sp³-hybridized carbons (Fsp3) is 0.125. The van der Waals surface area contributed by atoms with Crippen LogP contribution in [0.5, 0.6) is 5.75 Å². The summed E-state index contributed by atoms with van der Waals surface area (Å²) in [6.07, 6.45) is -0.526. The van der Waals surface area contributed by atoms with Crippen LogP contribution < -0.4 is 20.7 Å². The van der Waals surface area contributed by atoms with E-state index in [4.69, 9.17) is 28.6 Å². The van der Waals surface area contributed by atoms with Crippen LogP contribution in [-0.2, 0) is 6.54 Å². The number of hydrogen-bond acceptors (Lipinski definition) is 3. The van der Waals surface area contributed by atoms with E-state index >= 15 is 0 Å². The summed E-state index contributed by atoms with van der Waals surface area (Å²) >= 11 is 11.3. The van der Waals surface area contributed by atoms with E-state index in [2.05, 4.69) is 16.0 Å². The van der Waals surface area contributed by atoms with Gasteiger partial charge >= 0.3 is 6.09 Å². The minimum absolute atomic E-state index is 0.420. The van der Waals surface area contributed by atoms with Crippen LogP contribution in [0, 0.1) is 0 Å². The Kier molecular flexibility index (Phi) is 6.19. The van der Waals surface area contributed by atoms with E-state index in [1.807, 2.05) is 30.3 Å². The second-order valence-electron chi connectivity index (χ2n) is 4.57. The zero-order valence-corrected chi connectivity index (χ0v) is 14.0. The molecule has 0 radical (unpaired) electrons. The summed E-state index contributed by atoms with van der Waals surface area (Å²) in [6, 6.07) is 14.5. The topological polar surface area (TPSA) is 62.4 Å². The first-order valence-electron chi connectivity index (χ1n) is 6.86. The maximum Gasteiger partial charge on any atom is 0.412 e. The van der Waals surface area contributed by atoms with Gasteiger partial charge in [-0.25, -0.2) is 4.79 Å². The van der Waals surface area contributed by atoms with Gasteiger partial charge in [-0.2, -0.15) is 0 Å². The van der Waals surface area contributed by atoms with Crippen LogP contribution in [0.4, 0.5) is 10.5 Å². The Morgan fingerprint density at radius 3 is 2.74 bits per heavy atom. The van der Waals surface area contributed by atoms with Crippen LogP contribution in [0.3, 0.4) is 0 Å². The van der Waals surface area contributed by atoms with E-state index in [0.29, 0.717) is 28.1 Å². The van der Waals surface area contributed by atoms with Crippen molar-refractivity contribution in [2.24, 2.45) is 0 Å². The molecule has 1 amide bonds. The molecule has 2 rings (SSSR count). The lowest BCUT2D eigenvalue weighted by Gasteiger charge is -2.12. The van der Waals surface area contributed by atoms with Crippen molar-refractivity contribution in [3.8, 4) is 5.75 Å². The van der Waals surface area contributed by atoms with Gasteiger partial charge in [0.2, 0.25) is 0 Å². The molecule has 0 aliphatic carbocycles. The molecule has 23 heavy (non-hydrogen) atoms. The van der Waals surface area contributed by atoms with Crippen LogP contribution in [0.1, 0.15) is 5.56 Å². The highest BCUT2D eigenvalue weighted by molar-refractivity contribution is 7.80. The molecule has 2 aromatic carbocycles. The van der Waals surface area contributed by atoms with Crippen molar-refractivity contribution in [1.82, 2.24) is 10.6 Å². The molecule has 0 spiro atoms. The monoisotopic (exact) mass is 349 g/mol. The maximum absolute atomic E-state index is 11.2. The molecule has 3 N–H and O–H groups in total. The molecule has 2 aromatic rings. The number of rotatable bonds is 4. The fourth-order valence-corrected chi connectivity index (χ4v) is 2.18. The Labute approximate surface area is 145 Å². The molecule has 0 aromatic heterocycles. The van der Waals surface area contributed by atoms with Gasteiger partial charge in [0.15, 0.2) is 5.11 Å². The van der Waals surface area contributed by atoms with Crippen molar-refractivity contribution in [3.05, 3.63) is 59.1 Å². The fourth-order valence-electron chi connectivity index (χ4n) is 1.79. The number of nitrogens with one attached hydrogen (secondary N) is 3. The highest BCUT2D eigenvalue weighted by Crippen LogP contribution is 2.18. The third-order valence-electron chi connectivity index (χ3n) is 2.90.